The van der Waals surface area contributed by atoms with Gasteiger partial charge >= 0.3 is 0 Å². The van der Waals surface area contributed by atoms with Crippen molar-refractivity contribution in [1.29, 1.82) is 0 Å². The van der Waals surface area contributed by atoms with Crippen molar-refractivity contribution < 1.29 is 4.74 Å². The molecule has 0 fully saturated rings. The number of ether oxygens (including phenoxy) is 1. The number of aromatic nitrogens is 2. The molecule has 0 radical (unpaired) electrons. The summed E-state index contributed by atoms with van der Waals surface area (Å²) in [4.78, 5) is 18.7. The largest absolute Gasteiger partial charge is 0.493 e. The van der Waals surface area contributed by atoms with Gasteiger partial charge in [-0.3, -0.25) is 4.79 Å². The van der Waals surface area contributed by atoms with Gasteiger partial charge in [0.05, 0.1) is 6.61 Å². The molecule has 0 aliphatic rings. The Labute approximate surface area is 124 Å². The summed E-state index contributed by atoms with van der Waals surface area (Å²) < 4.78 is 5.64. The lowest BCUT2D eigenvalue weighted by Crippen LogP contribution is -2.15. The van der Waals surface area contributed by atoms with Gasteiger partial charge in [0.2, 0.25) is 0 Å². The minimum atomic E-state index is -0.123. The number of nitrogens with one attached hydrogen (secondary N) is 1. The first-order chi connectivity index (χ1) is 10.2. The molecule has 5 nitrogen and oxygen atoms in total. The summed E-state index contributed by atoms with van der Waals surface area (Å²) in [5.74, 6) is 1.48. The fourth-order valence-corrected chi connectivity index (χ4v) is 1.99. The number of nitrogens with two attached hydrogens (primary N) is 1. The van der Waals surface area contributed by atoms with E-state index in [1.807, 2.05) is 31.2 Å². The SMILES string of the molecule is Cc1ccc(OCCc2nc(CCCN)cc(=O)[nH]2)cc1. The van der Waals surface area contributed by atoms with E-state index < -0.39 is 0 Å². The number of nitrogens with zero attached hydrogens (tertiary/aromatic N) is 1. The van der Waals surface area contributed by atoms with Gasteiger partial charge in [-0.2, -0.15) is 0 Å². The second-order valence-corrected chi connectivity index (χ2v) is 4.99. The average Bonchev–Trinajstić information content (AvgIpc) is 2.47. The van der Waals surface area contributed by atoms with Crippen molar-refractivity contribution in [3.8, 4) is 5.75 Å². The molecule has 0 unspecified atom stereocenters. The predicted molar refractivity (Wildman–Crippen MR) is 82.6 cm³/mol. The van der Waals surface area contributed by atoms with E-state index in [2.05, 4.69) is 9.97 Å². The third-order valence-electron chi connectivity index (χ3n) is 3.11. The Morgan fingerprint density at radius 3 is 2.71 bits per heavy atom. The standard InChI is InChI=1S/C16H21N3O2/c1-12-4-6-14(7-5-12)21-10-8-15-18-13(3-2-9-17)11-16(20)19-15/h4-7,11H,2-3,8-10,17H2,1H3,(H,18,19,20). The molecule has 5 heteroatoms. The van der Waals surface area contributed by atoms with Crippen molar-refractivity contribution in [2.24, 2.45) is 5.73 Å². The van der Waals surface area contributed by atoms with Gasteiger partial charge in [-0.05, 0) is 38.4 Å². The number of benzene rings is 1. The minimum Gasteiger partial charge on any atom is -0.493 e. The number of aromatic amines is 1. The monoisotopic (exact) mass is 287 g/mol. The van der Waals surface area contributed by atoms with E-state index in [0.29, 0.717) is 25.4 Å². The summed E-state index contributed by atoms with van der Waals surface area (Å²) in [7, 11) is 0. The van der Waals surface area contributed by atoms with Crippen molar-refractivity contribution in [3.05, 3.63) is 57.8 Å². The van der Waals surface area contributed by atoms with Crippen LogP contribution >= 0.6 is 0 Å². The maximum atomic E-state index is 11.6. The van der Waals surface area contributed by atoms with E-state index in [9.17, 15) is 4.79 Å². The first-order valence-corrected chi connectivity index (χ1v) is 7.16. The van der Waals surface area contributed by atoms with E-state index in [-0.39, 0.29) is 5.56 Å². The van der Waals surface area contributed by atoms with E-state index in [0.717, 1.165) is 24.3 Å². The van der Waals surface area contributed by atoms with Gasteiger partial charge < -0.3 is 15.5 Å². The molecule has 1 aromatic carbocycles. The zero-order valence-corrected chi connectivity index (χ0v) is 12.3. The number of rotatable bonds is 7. The summed E-state index contributed by atoms with van der Waals surface area (Å²) in [6.07, 6.45) is 2.13. The van der Waals surface area contributed by atoms with Crippen molar-refractivity contribution in [2.75, 3.05) is 13.2 Å². The fourth-order valence-electron chi connectivity index (χ4n) is 1.99. The Morgan fingerprint density at radius 1 is 1.24 bits per heavy atom. The molecule has 2 rings (SSSR count). The maximum absolute atomic E-state index is 11.6. The van der Waals surface area contributed by atoms with E-state index >= 15 is 0 Å². The lowest BCUT2D eigenvalue weighted by Gasteiger charge is -2.07. The molecule has 0 spiro atoms. The minimum absolute atomic E-state index is 0.123. The molecule has 0 amide bonds. The van der Waals surface area contributed by atoms with Gasteiger partial charge in [-0.1, -0.05) is 17.7 Å². The van der Waals surface area contributed by atoms with Crippen LogP contribution in [0.2, 0.25) is 0 Å². The molecule has 3 N–H and O–H groups in total. The number of aryl methyl sites for hydroxylation is 2. The second-order valence-electron chi connectivity index (χ2n) is 4.99. The summed E-state index contributed by atoms with van der Waals surface area (Å²) >= 11 is 0. The molecule has 1 aromatic heterocycles. The molecule has 21 heavy (non-hydrogen) atoms. The highest BCUT2D eigenvalue weighted by Crippen LogP contribution is 2.11. The van der Waals surface area contributed by atoms with E-state index in [1.165, 1.54) is 11.6 Å². The number of H-pyrrole nitrogens is 1. The van der Waals surface area contributed by atoms with Crippen molar-refractivity contribution >= 4 is 0 Å². The van der Waals surface area contributed by atoms with Crippen LogP contribution in [0.25, 0.3) is 0 Å². The summed E-state index contributed by atoms with van der Waals surface area (Å²) in [5, 5.41) is 0. The molecule has 2 aromatic rings. The third kappa shape index (κ3) is 5.04. The molecule has 0 atom stereocenters. The van der Waals surface area contributed by atoms with Gasteiger partial charge in [0.15, 0.2) is 0 Å². The van der Waals surface area contributed by atoms with Crippen LogP contribution in [0.5, 0.6) is 5.75 Å². The molecular formula is C16H21N3O2. The van der Waals surface area contributed by atoms with Crippen LogP contribution in [-0.4, -0.2) is 23.1 Å². The molecule has 0 saturated carbocycles. The van der Waals surface area contributed by atoms with Crippen LogP contribution in [0.15, 0.2) is 35.1 Å². The van der Waals surface area contributed by atoms with Crippen LogP contribution in [-0.2, 0) is 12.8 Å². The Kier molecular flexibility index (Phi) is 5.51. The molecule has 0 aliphatic carbocycles. The van der Waals surface area contributed by atoms with E-state index in [1.54, 1.807) is 0 Å². The highest BCUT2D eigenvalue weighted by Gasteiger charge is 2.02. The molecule has 1 heterocycles. The number of hydrogen-bond acceptors (Lipinski definition) is 4. The summed E-state index contributed by atoms with van der Waals surface area (Å²) in [5.41, 5.74) is 7.33. The van der Waals surface area contributed by atoms with Crippen LogP contribution in [0.4, 0.5) is 0 Å². The summed E-state index contributed by atoms with van der Waals surface area (Å²) in [6.45, 7) is 3.11. The zero-order chi connectivity index (χ0) is 15.1. The predicted octanol–water partition coefficient (Wildman–Crippen LogP) is 1.59. The molecule has 0 saturated heterocycles. The van der Waals surface area contributed by atoms with Crippen molar-refractivity contribution in [3.63, 3.8) is 0 Å². The quantitative estimate of drug-likeness (QED) is 0.810. The molecular weight excluding hydrogens is 266 g/mol. The second kappa shape index (κ2) is 7.59. The Bertz CT molecular complexity index is 620. The number of hydrogen-bond donors (Lipinski definition) is 2. The first-order valence-electron chi connectivity index (χ1n) is 7.16. The summed E-state index contributed by atoms with van der Waals surface area (Å²) in [6, 6.07) is 9.40. The van der Waals surface area contributed by atoms with Crippen molar-refractivity contribution in [2.45, 2.75) is 26.2 Å². The van der Waals surface area contributed by atoms with Gasteiger partial charge in [0, 0.05) is 18.2 Å². The topological polar surface area (TPSA) is 81.0 Å². The molecule has 0 bridgehead atoms. The highest BCUT2D eigenvalue weighted by atomic mass is 16.5. The van der Waals surface area contributed by atoms with Crippen LogP contribution in [0.3, 0.4) is 0 Å². The highest BCUT2D eigenvalue weighted by molar-refractivity contribution is 5.26. The van der Waals surface area contributed by atoms with Gasteiger partial charge in [-0.15, -0.1) is 0 Å². The van der Waals surface area contributed by atoms with Crippen LogP contribution < -0.4 is 16.0 Å². The van der Waals surface area contributed by atoms with Gasteiger partial charge in [-0.25, -0.2) is 4.98 Å². The van der Waals surface area contributed by atoms with Crippen LogP contribution in [0.1, 0.15) is 23.5 Å². The zero-order valence-electron chi connectivity index (χ0n) is 12.3. The Balaban J connectivity index is 1.91. The van der Waals surface area contributed by atoms with Crippen LogP contribution in [0, 0.1) is 6.92 Å². The first kappa shape index (κ1) is 15.3. The normalized spacial score (nSPS) is 10.6. The smallest absolute Gasteiger partial charge is 0.251 e. The lowest BCUT2D eigenvalue weighted by atomic mass is 10.2. The van der Waals surface area contributed by atoms with Crippen molar-refractivity contribution in [1.82, 2.24) is 9.97 Å². The Hall–Kier alpha value is -2.14. The molecule has 0 aliphatic heterocycles. The Morgan fingerprint density at radius 2 is 2.00 bits per heavy atom. The average molecular weight is 287 g/mol. The lowest BCUT2D eigenvalue weighted by molar-refractivity contribution is 0.318. The van der Waals surface area contributed by atoms with E-state index in [4.69, 9.17) is 10.5 Å². The molecule has 112 valence electrons. The van der Waals surface area contributed by atoms with Gasteiger partial charge in [0.25, 0.3) is 5.56 Å². The third-order valence-corrected chi connectivity index (χ3v) is 3.11. The fraction of sp³-hybridized carbons (Fsp3) is 0.375. The van der Waals surface area contributed by atoms with Gasteiger partial charge in [0.1, 0.15) is 11.6 Å². The maximum Gasteiger partial charge on any atom is 0.251 e.